The lowest BCUT2D eigenvalue weighted by molar-refractivity contribution is -0.140. The summed E-state index contributed by atoms with van der Waals surface area (Å²) in [5, 5.41) is 12.2. The summed E-state index contributed by atoms with van der Waals surface area (Å²) in [6.07, 6.45) is 3.55. The zero-order valence-corrected chi connectivity index (χ0v) is 16.7. The predicted molar refractivity (Wildman–Crippen MR) is 110 cm³/mol. The second-order valence-electron chi connectivity index (χ2n) is 6.59. The number of rotatable bonds is 4. The maximum atomic E-state index is 12.4. The molecule has 1 aliphatic rings. The van der Waals surface area contributed by atoms with Crippen molar-refractivity contribution < 1.29 is 9.53 Å². The van der Waals surface area contributed by atoms with Crippen LogP contribution in [-0.2, 0) is 4.79 Å². The number of carbonyl (C=O) groups is 1. The molecule has 3 rings (SSSR count). The molecule has 1 saturated carbocycles. The van der Waals surface area contributed by atoms with Gasteiger partial charge in [0.1, 0.15) is 5.75 Å². The minimum Gasteiger partial charge on any atom is -0.426 e. The summed E-state index contributed by atoms with van der Waals surface area (Å²) >= 11 is 3.46. The van der Waals surface area contributed by atoms with Gasteiger partial charge in [0.25, 0.3) is 0 Å². The summed E-state index contributed by atoms with van der Waals surface area (Å²) in [5.74, 6) is 0.876. The SMILES string of the molecule is Cl.N=C(N)NC[C@H]1CC[C@H](C(=O)Oc2ccc3cc(Br)ccc3c2)CC1. The van der Waals surface area contributed by atoms with Gasteiger partial charge in [0.05, 0.1) is 5.92 Å². The van der Waals surface area contributed by atoms with Crippen LogP contribution in [0.2, 0.25) is 0 Å². The number of halogens is 2. The minimum atomic E-state index is -0.144. The van der Waals surface area contributed by atoms with Crippen molar-refractivity contribution in [3.8, 4) is 5.75 Å². The fourth-order valence-corrected chi connectivity index (χ4v) is 3.69. The van der Waals surface area contributed by atoms with E-state index in [9.17, 15) is 4.79 Å². The van der Waals surface area contributed by atoms with Crippen LogP contribution < -0.4 is 15.8 Å². The van der Waals surface area contributed by atoms with Gasteiger partial charge in [0.2, 0.25) is 0 Å². The second-order valence-corrected chi connectivity index (χ2v) is 7.50. The average molecular weight is 441 g/mol. The number of fused-ring (bicyclic) bond motifs is 1. The topological polar surface area (TPSA) is 88.2 Å². The van der Waals surface area contributed by atoms with E-state index in [0.29, 0.717) is 18.2 Å². The number of nitrogens with one attached hydrogen (secondary N) is 2. The van der Waals surface area contributed by atoms with E-state index in [-0.39, 0.29) is 30.3 Å². The van der Waals surface area contributed by atoms with Crippen molar-refractivity contribution in [1.29, 1.82) is 5.41 Å². The summed E-state index contributed by atoms with van der Waals surface area (Å²) in [7, 11) is 0. The first kappa shape index (κ1) is 20.5. The first-order chi connectivity index (χ1) is 12.0. The third-order valence-corrected chi connectivity index (χ3v) is 5.25. The van der Waals surface area contributed by atoms with Crippen LogP contribution in [0.3, 0.4) is 0 Å². The standard InChI is InChI=1S/C19H22BrN3O2.ClH/c20-16-7-5-15-10-17(8-6-14(15)9-16)25-18(24)13-3-1-12(2-4-13)11-23-19(21)22;/h5-10,12-13H,1-4,11H2,(H4,21,22,23);1H/t12-,13-;. The fraction of sp³-hybridized carbons (Fsp3) is 0.368. The van der Waals surface area contributed by atoms with E-state index in [1.54, 1.807) is 0 Å². The molecule has 140 valence electrons. The van der Waals surface area contributed by atoms with Crippen LogP contribution in [0.25, 0.3) is 10.8 Å². The number of nitrogens with two attached hydrogens (primary N) is 1. The predicted octanol–water partition coefficient (Wildman–Crippen LogP) is 4.22. The molecular weight excluding hydrogens is 418 g/mol. The highest BCUT2D eigenvalue weighted by Gasteiger charge is 2.27. The highest BCUT2D eigenvalue weighted by atomic mass is 79.9. The molecule has 4 N–H and O–H groups in total. The molecule has 0 radical (unpaired) electrons. The minimum absolute atomic E-state index is 0. The molecule has 0 aromatic heterocycles. The molecule has 1 fully saturated rings. The van der Waals surface area contributed by atoms with E-state index in [1.807, 2.05) is 36.4 Å². The molecule has 0 saturated heterocycles. The van der Waals surface area contributed by atoms with Gasteiger partial charge in [-0.15, -0.1) is 12.4 Å². The Morgan fingerprint density at radius 3 is 2.50 bits per heavy atom. The van der Waals surface area contributed by atoms with Crippen molar-refractivity contribution in [3.05, 3.63) is 40.9 Å². The molecule has 26 heavy (non-hydrogen) atoms. The molecule has 0 amide bonds. The number of hydrogen-bond donors (Lipinski definition) is 3. The molecule has 0 spiro atoms. The molecule has 2 aromatic rings. The average Bonchev–Trinajstić information content (AvgIpc) is 2.60. The van der Waals surface area contributed by atoms with Gasteiger partial charge in [-0.3, -0.25) is 10.2 Å². The first-order valence-electron chi connectivity index (χ1n) is 8.50. The van der Waals surface area contributed by atoms with Crippen LogP contribution >= 0.6 is 28.3 Å². The van der Waals surface area contributed by atoms with Crippen molar-refractivity contribution in [2.45, 2.75) is 25.7 Å². The lowest BCUT2D eigenvalue weighted by Gasteiger charge is -2.27. The highest BCUT2D eigenvalue weighted by Crippen LogP contribution is 2.30. The number of benzene rings is 2. The third-order valence-electron chi connectivity index (χ3n) is 4.75. The Labute approximate surface area is 167 Å². The number of hydrogen-bond acceptors (Lipinski definition) is 3. The zero-order chi connectivity index (χ0) is 17.8. The van der Waals surface area contributed by atoms with Crippen molar-refractivity contribution in [3.63, 3.8) is 0 Å². The van der Waals surface area contributed by atoms with Gasteiger partial charge in [-0.1, -0.05) is 28.1 Å². The molecular formula is C19H23BrClN3O2. The van der Waals surface area contributed by atoms with Crippen LogP contribution in [-0.4, -0.2) is 18.5 Å². The zero-order valence-electron chi connectivity index (χ0n) is 14.3. The van der Waals surface area contributed by atoms with Gasteiger partial charge in [-0.2, -0.15) is 0 Å². The van der Waals surface area contributed by atoms with E-state index in [2.05, 4.69) is 21.2 Å². The number of guanidine groups is 1. The monoisotopic (exact) mass is 439 g/mol. The summed E-state index contributed by atoms with van der Waals surface area (Å²) in [6, 6.07) is 11.7. The van der Waals surface area contributed by atoms with Gasteiger partial charge >= 0.3 is 5.97 Å². The maximum Gasteiger partial charge on any atom is 0.314 e. The van der Waals surface area contributed by atoms with Crippen LogP contribution in [0, 0.1) is 17.2 Å². The van der Waals surface area contributed by atoms with E-state index in [0.717, 1.165) is 40.9 Å². The Bertz CT molecular complexity index is 791. The molecule has 0 unspecified atom stereocenters. The normalized spacial score (nSPS) is 19.4. The lowest BCUT2D eigenvalue weighted by Crippen LogP contribution is -2.36. The fourth-order valence-electron chi connectivity index (χ4n) is 3.31. The molecule has 7 heteroatoms. The van der Waals surface area contributed by atoms with Gasteiger partial charge in [0, 0.05) is 11.0 Å². The van der Waals surface area contributed by atoms with Gasteiger partial charge in [-0.05, 0) is 66.6 Å². The molecule has 0 aliphatic heterocycles. The van der Waals surface area contributed by atoms with Crippen molar-refractivity contribution in [2.24, 2.45) is 17.6 Å². The molecule has 0 heterocycles. The summed E-state index contributed by atoms with van der Waals surface area (Å²) < 4.78 is 6.63. The van der Waals surface area contributed by atoms with Gasteiger partial charge < -0.3 is 15.8 Å². The smallest absolute Gasteiger partial charge is 0.314 e. The number of ether oxygens (including phenoxy) is 1. The van der Waals surface area contributed by atoms with Crippen molar-refractivity contribution in [2.75, 3.05) is 6.54 Å². The number of carbonyl (C=O) groups excluding carboxylic acids is 1. The largest absolute Gasteiger partial charge is 0.426 e. The first-order valence-corrected chi connectivity index (χ1v) is 9.29. The lowest BCUT2D eigenvalue weighted by atomic mass is 9.82. The van der Waals surface area contributed by atoms with Crippen LogP contribution in [0.4, 0.5) is 0 Å². The Morgan fingerprint density at radius 1 is 1.15 bits per heavy atom. The van der Waals surface area contributed by atoms with Crippen LogP contribution in [0.5, 0.6) is 5.75 Å². The van der Waals surface area contributed by atoms with E-state index < -0.39 is 0 Å². The van der Waals surface area contributed by atoms with E-state index >= 15 is 0 Å². The molecule has 0 atom stereocenters. The molecule has 1 aliphatic carbocycles. The van der Waals surface area contributed by atoms with E-state index in [4.69, 9.17) is 15.9 Å². The molecule has 0 bridgehead atoms. The Kier molecular flexibility index (Phi) is 7.29. The van der Waals surface area contributed by atoms with Crippen LogP contribution in [0.15, 0.2) is 40.9 Å². The van der Waals surface area contributed by atoms with Gasteiger partial charge in [-0.25, -0.2) is 0 Å². The quantitative estimate of drug-likeness (QED) is 0.287. The van der Waals surface area contributed by atoms with Crippen LogP contribution in [0.1, 0.15) is 25.7 Å². The maximum absolute atomic E-state index is 12.4. The summed E-state index contributed by atoms with van der Waals surface area (Å²) in [4.78, 5) is 12.4. The number of esters is 1. The van der Waals surface area contributed by atoms with Gasteiger partial charge in [0.15, 0.2) is 5.96 Å². The van der Waals surface area contributed by atoms with E-state index in [1.165, 1.54) is 0 Å². The Hall–Kier alpha value is -1.79. The summed E-state index contributed by atoms with van der Waals surface area (Å²) in [6.45, 7) is 0.706. The van der Waals surface area contributed by atoms with Crippen molar-refractivity contribution >= 4 is 51.0 Å². The molecule has 2 aromatic carbocycles. The second kappa shape index (κ2) is 9.24. The van der Waals surface area contributed by atoms with Crippen molar-refractivity contribution in [1.82, 2.24) is 5.32 Å². The molecule has 5 nitrogen and oxygen atoms in total. The Balaban J connectivity index is 0.00000243. The highest BCUT2D eigenvalue weighted by molar-refractivity contribution is 9.10. The Morgan fingerprint density at radius 2 is 1.81 bits per heavy atom. The third kappa shape index (κ3) is 5.35. The summed E-state index contributed by atoms with van der Waals surface area (Å²) in [5.41, 5.74) is 5.31.